The molecule has 150 valence electrons. The lowest BCUT2D eigenvalue weighted by Gasteiger charge is -2.33. The summed E-state index contributed by atoms with van der Waals surface area (Å²) in [4.78, 5) is 15.2. The molecule has 0 aromatic carbocycles. The van der Waals surface area contributed by atoms with Gasteiger partial charge in [-0.05, 0) is 46.0 Å². The van der Waals surface area contributed by atoms with E-state index < -0.39 is 0 Å². The van der Waals surface area contributed by atoms with Crippen molar-refractivity contribution in [2.24, 2.45) is 0 Å². The van der Waals surface area contributed by atoms with Crippen LogP contribution in [0.25, 0.3) is 0 Å². The molecule has 6 nitrogen and oxygen atoms in total. The summed E-state index contributed by atoms with van der Waals surface area (Å²) in [6, 6.07) is 0.247. The number of hydrogen-bond donors (Lipinski definition) is 2. The number of nitrogens with zero attached hydrogens (tertiary/aromatic N) is 3. The predicted octanol–water partition coefficient (Wildman–Crippen LogP) is 2.30. The van der Waals surface area contributed by atoms with Crippen molar-refractivity contribution in [2.45, 2.75) is 76.9 Å². The molecule has 2 aliphatic rings. The zero-order chi connectivity index (χ0) is 19.4. The Bertz CT molecular complexity index is 672. The monoisotopic (exact) mass is 374 g/mol. The first-order valence-corrected chi connectivity index (χ1v) is 10.3. The van der Waals surface area contributed by atoms with Crippen LogP contribution in [0.1, 0.15) is 67.7 Å². The number of likely N-dealkylation sites (tertiary alicyclic amines) is 1. The highest BCUT2D eigenvalue weighted by molar-refractivity contribution is 5.94. The van der Waals surface area contributed by atoms with Crippen LogP contribution in [-0.2, 0) is 19.4 Å². The Balaban J connectivity index is 1.86. The first-order valence-electron chi connectivity index (χ1n) is 10.3. The lowest BCUT2D eigenvalue weighted by atomic mass is 9.89. The number of rotatable bonds is 6. The summed E-state index contributed by atoms with van der Waals surface area (Å²) in [6.45, 7) is 10.2. The van der Waals surface area contributed by atoms with Gasteiger partial charge in [-0.15, -0.1) is 6.58 Å². The number of aliphatic hydroxyl groups is 1. The quantitative estimate of drug-likeness (QED) is 0.750. The molecule has 1 saturated heterocycles. The number of fused-ring (bicyclic) bond motifs is 1. The second-order valence-corrected chi connectivity index (χ2v) is 8.58. The summed E-state index contributed by atoms with van der Waals surface area (Å²) >= 11 is 0. The number of allylic oxidation sites excluding steroid dienone is 1. The van der Waals surface area contributed by atoms with Gasteiger partial charge >= 0.3 is 0 Å². The van der Waals surface area contributed by atoms with Gasteiger partial charge in [0.1, 0.15) is 0 Å². The van der Waals surface area contributed by atoms with Crippen LogP contribution in [0.3, 0.4) is 0 Å². The van der Waals surface area contributed by atoms with Crippen LogP contribution in [0.2, 0.25) is 0 Å². The fourth-order valence-electron chi connectivity index (χ4n) is 4.28. The van der Waals surface area contributed by atoms with Crippen LogP contribution in [0, 0.1) is 0 Å². The van der Waals surface area contributed by atoms with E-state index in [-0.39, 0.29) is 24.1 Å². The Hall–Kier alpha value is -1.66. The van der Waals surface area contributed by atoms with Gasteiger partial charge < -0.3 is 15.3 Å². The number of aliphatic hydroxyl groups excluding tert-OH is 1. The van der Waals surface area contributed by atoms with Gasteiger partial charge in [-0.3, -0.25) is 9.48 Å². The third kappa shape index (κ3) is 4.61. The molecule has 0 bridgehead atoms. The first-order chi connectivity index (χ1) is 12.9. The van der Waals surface area contributed by atoms with Gasteiger partial charge in [0.15, 0.2) is 5.69 Å². The molecule has 1 aliphatic carbocycles. The molecule has 1 amide bonds. The van der Waals surface area contributed by atoms with Gasteiger partial charge in [0, 0.05) is 35.9 Å². The van der Waals surface area contributed by atoms with Gasteiger partial charge in [0.05, 0.1) is 13.2 Å². The third-order valence-corrected chi connectivity index (χ3v) is 5.73. The number of aromatic nitrogens is 2. The predicted molar refractivity (Wildman–Crippen MR) is 107 cm³/mol. The maximum absolute atomic E-state index is 13.3. The van der Waals surface area contributed by atoms with E-state index in [4.69, 9.17) is 5.10 Å². The van der Waals surface area contributed by atoms with E-state index >= 15 is 0 Å². The Morgan fingerprint density at radius 1 is 1.33 bits per heavy atom. The number of nitrogens with one attached hydrogen (secondary N) is 1. The normalized spacial score (nSPS) is 20.9. The average Bonchev–Trinajstić information content (AvgIpc) is 2.83. The lowest BCUT2D eigenvalue weighted by molar-refractivity contribution is 0.0753. The fourth-order valence-corrected chi connectivity index (χ4v) is 4.28. The molecule has 27 heavy (non-hydrogen) atoms. The van der Waals surface area contributed by atoms with Crippen molar-refractivity contribution in [3.8, 4) is 0 Å². The summed E-state index contributed by atoms with van der Waals surface area (Å²) in [6.07, 6.45) is 9.06. The molecule has 1 aliphatic heterocycles. The minimum absolute atomic E-state index is 0.0815. The Morgan fingerprint density at radius 3 is 2.67 bits per heavy atom. The lowest BCUT2D eigenvalue weighted by Crippen LogP contribution is -2.50. The molecule has 1 atom stereocenters. The molecule has 1 aromatic heterocycles. The van der Waals surface area contributed by atoms with Gasteiger partial charge in [-0.25, -0.2) is 0 Å². The van der Waals surface area contributed by atoms with Crippen molar-refractivity contribution in [3.05, 3.63) is 29.6 Å². The second-order valence-electron chi connectivity index (χ2n) is 8.58. The van der Waals surface area contributed by atoms with E-state index in [1.54, 1.807) is 0 Å². The summed E-state index contributed by atoms with van der Waals surface area (Å²) in [5, 5.41) is 17.8. The van der Waals surface area contributed by atoms with Crippen molar-refractivity contribution >= 4 is 5.91 Å². The van der Waals surface area contributed by atoms with Gasteiger partial charge in [0.2, 0.25) is 0 Å². The molecule has 0 saturated carbocycles. The molecule has 3 rings (SSSR count). The minimum atomic E-state index is -0.325. The van der Waals surface area contributed by atoms with E-state index in [2.05, 4.69) is 11.9 Å². The Labute approximate surface area is 162 Å². The maximum atomic E-state index is 13.3. The number of carbonyl (C=O) groups is 1. The zero-order valence-electron chi connectivity index (χ0n) is 16.8. The van der Waals surface area contributed by atoms with Gasteiger partial charge in [-0.2, -0.15) is 5.10 Å². The van der Waals surface area contributed by atoms with Crippen molar-refractivity contribution in [2.75, 3.05) is 19.7 Å². The molecule has 0 spiro atoms. The highest BCUT2D eigenvalue weighted by Gasteiger charge is 2.32. The largest absolute Gasteiger partial charge is 0.394 e. The highest BCUT2D eigenvalue weighted by atomic mass is 16.3. The first kappa shape index (κ1) is 20.1. The van der Waals surface area contributed by atoms with E-state index in [0.717, 1.165) is 50.8 Å². The highest BCUT2D eigenvalue weighted by Crippen LogP contribution is 2.27. The Morgan fingerprint density at radius 2 is 2.04 bits per heavy atom. The van der Waals surface area contributed by atoms with Crippen LogP contribution < -0.4 is 5.32 Å². The van der Waals surface area contributed by atoms with Crippen LogP contribution in [0.15, 0.2) is 12.7 Å². The molecule has 0 radical (unpaired) electrons. The van der Waals surface area contributed by atoms with Gasteiger partial charge in [0.25, 0.3) is 5.91 Å². The number of carbonyl (C=O) groups excluding carboxylic acids is 1. The fraction of sp³-hybridized carbons (Fsp3) is 0.714. The summed E-state index contributed by atoms with van der Waals surface area (Å²) in [5.74, 6) is 0.0815. The second kappa shape index (κ2) is 8.57. The van der Waals surface area contributed by atoms with Crippen LogP contribution >= 0.6 is 0 Å². The van der Waals surface area contributed by atoms with Crippen molar-refractivity contribution in [1.29, 1.82) is 0 Å². The average molecular weight is 375 g/mol. The maximum Gasteiger partial charge on any atom is 0.274 e. The smallest absolute Gasteiger partial charge is 0.274 e. The van der Waals surface area contributed by atoms with Crippen LogP contribution in [0.5, 0.6) is 0 Å². The van der Waals surface area contributed by atoms with Crippen molar-refractivity contribution < 1.29 is 9.90 Å². The molecule has 1 fully saturated rings. The van der Waals surface area contributed by atoms with E-state index in [0.29, 0.717) is 12.2 Å². The number of hydrogen-bond acceptors (Lipinski definition) is 4. The van der Waals surface area contributed by atoms with E-state index in [1.807, 2.05) is 29.5 Å². The molecule has 1 aromatic rings. The van der Waals surface area contributed by atoms with E-state index in [1.165, 1.54) is 18.5 Å². The number of amides is 1. The molecule has 2 heterocycles. The van der Waals surface area contributed by atoms with E-state index in [9.17, 15) is 9.90 Å². The molecule has 6 heteroatoms. The van der Waals surface area contributed by atoms with Crippen molar-refractivity contribution in [3.63, 3.8) is 0 Å². The zero-order valence-corrected chi connectivity index (χ0v) is 16.8. The van der Waals surface area contributed by atoms with Gasteiger partial charge in [-0.1, -0.05) is 18.9 Å². The standard InChI is InChI=1S/C21H34N4O2/c1-4-11-25-18-10-9-16(22-21(2,3)15-26)14-17(18)19(23-25)20(27)24-12-7-5-6-8-13-24/h4,16,22,26H,1,5-15H2,2-3H3/t16-/m1/s1. The van der Waals surface area contributed by atoms with Crippen LogP contribution in [-0.4, -0.2) is 57.0 Å². The molecular weight excluding hydrogens is 340 g/mol. The van der Waals surface area contributed by atoms with Crippen LogP contribution in [0.4, 0.5) is 0 Å². The summed E-state index contributed by atoms with van der Waals surface area (Å²) in [7, 11) is 0. The molecule has 0 unspecified atom stereocenters. The van der Waals surface area contributed by atoms with Crippen molar-refractivity contribution in [1.82, 2.24) is 20.0 Å². The Kier molecular flexibility index (Phi) is 6.37. The SMILES string of the molecule is C=CCn1nc(C(=O)N2CCCCCC2)c2c1CC[C@@H](NC(C)(C)CO)C2. The molecular formula is C21H34N4O2. The summed E-state index contributed by atoms with van der Waals surface area (Å²) < 4.78 is 1.96. The summed E-state index contributed by atoms with van der Waals surface area (Å²) in [5.41, 5.74) is 2.56. The third-order valence-electron chi connectivity index (χ3n) is 5.73. The molecule has 2 N–H and O–H groups in total. The topological polar surface area (TPSA) is 70.4 Å². The minimum Gasteiger partial charge on any atom is -0.394 e.